The lowest BCUT2D eigenvalue weighted by atomic mass is 9.93. The van der Waals surface area contributed by atoms with Crippen LogP contribution in [0.4, 0.5) is 5.69 Å². The molecule has 0 atom stereocenters. The van der Waals surface area contributed by atoms with E-state index in [1.165, 1.54) is 17.0 Å². The van der Waals surface area contributed by atoms with Crippen LogP contribution in [0.5, 0.6) is 0 Å². The molecule has 7 nitrogen and oxygen atoms in total. The van der Waals surface area contributed by atoms with Crippen LogP contribution in [0, 0.1) is 0 Å². The highest BCUT2D eigenvalue weighted by Gasteiger charge is 2.52. The number of hydrogen-bond acceptors (Lipinski definition) is 4. The van der Waals surface area contributed by atoms with Gasteiger partial charge in [-0.3, -0.25) is 9.59 Å². The molecule has 1 heterocycles. The van der Waals surface area contributed by atoms with Crippen molar-refractivity contribution in [3.63, 3.8) is 0 Å². The van der Waals surface area contributed by atoms with Crippen LogP contribution in [-0.4, -0.2) is 35.0 Å². The molecule has 1 aliphatic heterocycles. The number of nitrogens with two attached hydrogens (primary N) is 2. The zero-order valence-electron chi connectivity index (χ0n) is 10.7. The van der Waals surface area contributed by atoms with Crippen molar-refractivity contribution in [2.24, 2.45) is 11.5 Å². The number of carboxylic acids is 1. The fourth-order valence-electron chi connectivity index (χ4n) is 2.67. The van der Waals surface area contributed by atoms with Gasteiger partial charge in [0.25, 0.3) is 11.8 Å². The van der Waals surface area contributed by atoms with Crippen LogP contribution in [-0.2, 0) is 9.59 Å². The largest absolute Gasteiger partial charge is 0.478 e. The first-order valence-corrected chi connectivity index (χ1v) is 6.11. The Morgan fingerprint density at radius 1 is 1.15 bits per heavy atom. The Labute approximate surface area is 115 Å². The quantitative estimate of drug-likeness (QED) is 0.651. The van der Waals surface area contributed by atoms with E-state index in [9.17, 15) is 19.5 Å². The summed E-state index contributed by atoms with van der Waals surface area (Å²) >= 11 is 0. The van der Waals surface area contributed by atoms with Gasteiger partial charge in [-0.2, -0.15) is 0 Å². The average Bonchev–Trinajstić information content (AvgIpc) is 2.84. The molecule has 20 heavy (non-hydrogen) atoms. The second-order valence-electron chi connectivity index (χ2n) is 4.67. The number of para-hydroxylation sites is 1. The van der Waals surface area contributed by atoms with Crippen molar-refractivity contribution in [2.45, 2.75) is 18.4 Å². The molecule has 1 aromatic carbocycles. The van der Waals surface area contributed by atoms with Gasteiger partial charge in [-0.1, -0.05) is 12.1 Å². The van der Waals surface area contributed by atoms with Gasteiger partial charge in [-0.25, -0.2) is 4.79 Å². The number of nitrogens with zero attached hydrogens (tertiary/aromatic N) is 1. The summed E-state index contributed by atoms with van der Waals surface area (Å²) in [5, 5.41) is 9.21. The SMILES string of the molecule is NC(=O)C1(C(N)=O)CCCN1c1ccccc1C(=O)O. The molecule has 2 rings (SSSR count). The van der Waals surface area contributed by atoms with Crippen LogP contribution in [0.2, 0.25) is 0 Å². The highest BCUT2D eigenvalue weighted by Crippen LogP contribution is 2.36. The van der Waals surface area contributed by atoms with Crippen LogP contribution in [0.1, 0.15) is 23.2 Å². The van der Waals surface area contributed by atoms with E-state index in [1.807, 2.05) is 0 Å². The Balaban J connectivity index is 2.59. The molecule has 1 aromatic rings. The summed E-state index contributed by atoms with van der Waals surface area (Å²) in [5.41, 5.74) is 9.33. The zero-order chi connectivity index (χ0) is 14.9. The molecule has 1 aliphatic rings. The minimum atomic E-state index is -1.66. The molecule has 0 spiro atoms. The van der Waals surface area contributed by atoms with E-state index in [1.54, 1.807) is 12.1 Å². The van der Waals surface area contributed by atoms with E-state index < -0.39 is 23.3 Å². The molecule has 7 heteroatoms. The van der Waals surface area contributed by atoms with Crippen molar-refractivity contribution < 1.29 is 19.5 Å². The van der Waals surface area contributed by atoms with Gasteiger partial charge in [0.1, 0.15) is 0 Å². The van der Waals surface area contributed by atoms with E-state index in [0.29, 0.717) is 13.0 Å². The second-order valence-corrected chi connectivity index (χ2v) is 4.67. The molecular weight excluding hydrogens is 262 g/mol. The van der Waals surface area contributed by atoms with Gasteiger partial charge >= 0.3 is 5.97 Å². The summed E-state index contributed by atoms with van der Waals surface area (Å²) in [7, 11) is 0. The highest BCUT2D eigenvalue weighted by atomic mass is 16.4. The first-order chi connectivity index (χ1) is 9.41. The van der Waals surface area contributed by atoms with E-state index in [4.69, 9.17) is 11.5 Å². The van der Waals surface area contributed by atoms with Crippen LogP contribution < -0.4 is 16.4 Å². The van der Waals surface area contributed by atoms with E-state index >= 15 is 0 Å². The van der Waals surface area contributed by atoms with Crippen LogP contribution in [0.3, 0.4) is 0 Å². The molecule has 0 saturated carbocycles. The monoisotopic (exact) mass is 277 g/mol. The maximum absolute atomic E-state index is 11.8. The number of carbonyl (C=O) groups is 3. The lowest BCUT2D eigenvalue weighted by Crippen LogP contribution is -2.62. The number of carbonyl (C=O) groups excluding carboxylic acids is 2. The van der Waals surface area contributed by atoms with Crippen molar-refractivity contribution >= 4 is 23.5 Å². The minimum Gasteiger partial charge on any atom is -0.478 e. The van der Waals surface area contributed by atoms with Crippen LogP contribution in [0.25, 0.3) is 0 Å². The molecule has 0 radical (unpaired) electrons. The molecule has 5 N–H and O–H groups in total. The van der Waals surface area contributed by atoms with Gasteiger partial charge in [-0.15, -0.1) is 0 Å². The number of hydrogen-bond donors (Lipinski definition) is 3. The molecule has 106 valence electrons. The van der Waals surface area contributed by atoms with E-state index in [0.717, 1.165) is 0 Å². The lowest BCUT2D eigenvalue weighted by Gasteiger charge is -2.35. The number of amides is 2. The third-order valence-corrected chi connectivity index (χ3v) is 3.62. The van der Waals surface area contributed by atoms with Crippen molar-refractivity contribution in [1.82, 2.24) is 0 Å². The fraction of sp³-hybridized carbons (Fsp3) is 0.308. The molecule has 0 unspecified atom stereocenters. The second kappa shape index (κ2) is 4.84. The molecule has 1 saturated heterocycles. The summed E-state index contributed by atoms with van der Waals surface area (Å²) < 4.78 is 0. The van der Waals surface area contributed by atoms with Gasteiger partial charge < -0.3 is 21.5 Å². The van der Waals surface area contributed by atoms with E-state index in [2.05, 4.69) is 0 Å². The predicted octanol–water partition coefficient (Wildman–Crippen LogP) is -0.306. The van der Waals surface area contributed by atoms with Gasteiger partial charge in [0.05, 0.1) is 11.3 Å². The molecule has 1 fully saturated rings. The molecule has 0 bridgehead atoms. The number of rotatable bonds is 4. The Hall–Kier alpha value is -2.57. The average molecular weight is 277 g/mol. The molecule has 0 aromatic heterocycles. The smallest absolute Gasteiger partial charge is 0.337 e. The highest BCUT2D eigenvalue weighted by molar-refractivity contribution is 6.13. The Morgan fingerprint density at radius 2 is 1.75 bits per heavy atom. The summed E-state index contributed by atoms with van der Waals surface area (Å²) in [4.78, 5) is 36.2. The van der Waals surface area contributed by atoms with Gasteiger partial charge in [-0.05, 0) is 25.0 Å². The fourth-order valence-corrected chi connectivity index (χ4v) is 2.67. The predicted molar refractivity (Wildman–Crippen MR) is 71.1 cm³/mol. The molecule has 2 amide bonds. The normalized spacial score (nSPS) is 16.9. The minimum absolute atomic E-state index is 0.00118. The Bertz CT molecular complexity index is 571. The maximum atomic E-state index is 11.8. The van der Waals surface area contributed by atoms with Gasteiger partial charge in [0.15, 0.2) is 5.54 Å². The number of benzene rings is 1. The number of carboxylic acid groups (broad SMARTS) is 1. The first-order valence-electron chi connectivity index (χ1n) is 6.11. The number of aromatic carboxylic acids is 1. The molecular formula is C13H15N3O4. The van der Waals surface area contributed by atoms with Crippen LogP contribution >= 0.6 is 0 Å². The third kappa shape index (κ3) is 1.87. The van der Waals surface area contributed by atoms with Gasteiger partial charge in [0.2, 0.25) is 0 Å². The summed E-state index contributed by atoms with van der Waals surface area (Å²) in [6.45, 7) is 0.343. The maximum Gasteiger partial charge on any atom is 0.337 e. The first kappa shape index (κ1) is 13.9. The van der Waals surface area contributed by atoms with Crippen molar-refractivity contribution in [2.75, 3.05) is 11.4 Å². The summed E-state index contributed by atoms with van der Waals surface area (Å²) in [5.74, 6) is -2.86. The van der Waals surface area contributed by atoms with Crippen LogP contribution in [0.15, 0.2) is 24.3 Å². The zero-order valence-corrected chi connectivity index (χ0v) is 10.7. The standard InChI is InChI=1S/C13H15N3O4/c14-11(19)13(12(15)20)6-3-7-16(13)9-5-2-1-4-8(9)10(17)18/h1-2,4-5H,3,6-7H2,(H2,14,19)(H2,15,20)(H,17,18). The van der Waals surface area contributed by atoms with Gasteiger partial charge in [0, 0.05) is 6.54 Å². The third-order valence-electron chi connectivity index (χ3n) is 3.62. The van der Waals surface area contributed by atoms with Crippen molar-refractivity contribution in [3.8, 4) is 0 Å². The van der Waals surface area contributed by atoms with Crippen molar-refractivity contribution in [1.29, 1.82) is 0 Å². The Morgan fingerprint density at radius 3 is 2.30 bits per heavy atom. The topological polar surface area (TPSA) is 127 Å². The lowest BCUT2D eigenvalue weighted by molar-refractivity contribution is -0.133. The summed E-state index contributed by atoms with van der Waals surface area (Å²) in [6.07, 6.45) is 0.714. The Kier molecular flexibility index (Phi) is 3.35. The van der Waals surface area contributed by atoms with E-state index in [-0.39, 0.29) is 17.7 Å². The molecule has 0 aliphatic carbocycles. The number of anilines is 1. The van der Waals surface area contributed by atoms with Crippen molar-refractivity contribution in [3.05, 3.63) is 29.8 Å². The number of primary amides is 2. The summed E-state index contributed by atoms with van der Waals surface area (Å²) in [6, 6.07) is 6.14.